The van der Waals surface area contributed by atoms with E-state index in [-0.39, 0.29) is 19.1 Å². The van der Waals surface area contributed by atoms with Crippen LogP contribution in [0.25, 0.3) is 0 Å². The number of phosphoric acid groups is 1. The fourth-order valence-corrected chi connectivity index (χ4v) is 8.26. The predicted molar refractivity (Wildman–Crippen MR) is 281 cm³/mol. The molecule has 3 N–H and O–H groups in total. The first-order valence-electron chi connectivity index (χ1n) is 26.8. The van der Waals surface area contributed by atoms with Crippen molar-refractivity contribution in [2.45, 2.75) is 238 Å². The van der Waals surface area contributed by atoms with Gasteiger partial charge in [0, 0.05) is 6.42 Å². The molecular formula is C56H104N2O6P+. The third-order valence-corrected chi connectivity index (χ3v) is 12.7. The molecule has 1 amide bonds. The highest BCUT2D eigenvalue weighted by molar-refractivity contribution is 7.47. The summed E-state index contributed by atoms with van der Waals surface area (Å²) < 4.78 is 23.6. The van der Waals surface area contributed by atoms with E-state index in [1.165, 1.54) is 122 Å². The number of nitrogens with one attached hydrogen (secondary N) is 1. The number of hydrogen-bond donors (Lipinski definition) is 3. The first kappa shape index (κ1) is 62.9. The van der Waals surface area contributed by atoms with Crippen molar-refractivity contribution in [3.63, 3.8) is 0 Å². The number of rotatable bonds is 48. The summed E-state index contributed by atoms with van der Waals surface area (Å²) in [7, 11) is 1.61. The Hall–Kier alpha value is -2.06. The molecule has 65 heavy (non-hydrogen) atoms. The zero-order valence-electron chi connectivity index (χ0n) is 43.0. The monoisotopic (exact) mass is 932 g/mol. The van der Waals surface area contributed by atoms with Crippen LogP contribution in [0.15, 0.2) is 72.9 Å². The van der Waals surface area contributed by atoms with Gasteiger partial charge >= 0.3 is 7.82 Å². The molecule has 0 heterocycles. The molecule has 0 spiro atoms. The van der Waals surface area contributed by atoms with Gasteiger partial charge in [-0.05, 0) is 64.2 Å². The van der Waals surface area contributed by atoms with Gasteiger partial charge in [0.25, 0.3) is 0 Å². The number of allylic oxidation sites excluding steroid dienone is 12. The number of unbranched alkanes of at least 4 members (excludes halogenated alkanes) is 23. The second-order valence-electron chi connectivity index (χ2n) is 19.2. The predicted octanol–water partition coefficient (Wildman–Crippen LogP) is 15.9. The highest BCUT2D eigenvalue weighted by atomic mass is 31.2. The van der Waals surface area contributed by atoms with E-state index in [4.69, 9.17) is 9.05 Å². The number of amides is 1. The van der Waals surface area contributed by atoms with E-state index in [1.807, 2.05) is 21.1 Å². The molecular weight excluding hydrogens is 828 g/mol. The second-order valence-corrected chi connectivity index (χ2v) is 20.7. The minimum Gasteiger partial charge on any atom is -0.391 e. The third kappa shape index (κ3) is 49.7. The Labute approximate surface area is 402 Å². The summed E-state index contributed by atoms with van der Waals surface area (Å²) in [5, 5.41) is 14.0. The first-order chi connectivity index (χ1) is 31.5. The van der Waals surface area contributed by atoms with Gasteiger partial charge in [-0.2, -0.15) is 0 Å². The number of aliphatic hydroxyl groups excluding tert-OH is 1. The van der Waals surface area contributed by atoms with Crippen LogP contribution in [0.5, 0.6) is 0 Å². The van der Waals surface area contributed by atoms with Crippen LogP contribution in [0.4, 0.5) is 0 Å². The molecule has 3 atom stereocenters. The van der Waals surface area contributed by atoms with Crippen molar-refractivity contribution >= 4 is 13.7 Å². The summed E-state index contributed by atoms with van der Waals surface area (Å²) in [5.41, 5.74) is 0. The number of carbonyl (C=O) groups is 1. The Morgan fingerprint density at radius 1 is 0.538 bits per heavy atom. The van der Waals surface area contributed by atoms with Gasteiger partial charge < -0.3 is 19.8 Å². The number of carbonyl (C=O) groups excluding carboxylic acids is 1. The van der Waals surface area contributed by atoms with E-state index >= 15 is 0 Å². The third-order valence-electron chi connectivity index (χ3n) is 11.7. The number of hydrogen-bond acceptors (Lipinski definition) is 5. The molecule has 8 nitrogen and oxygen atoms in total. The number of nitrogens with zero attached hydrogens (tertiary/aromatic N) is 1. The van der Waals surface area contributed by atoms with Crippen LogP contribution in [-0.2, 0) is 18.4 Å². The Balaban J connectivity index is 4.01. The fraction of sp³-hybridized carbons (Fsp3) is 0.768. The SMILES string of the molecule is CC/C=C\C/C=C\C/C=C\C/C=C\C/C=C\C/C=C\CCCCCCCCCCCCCCCCC(=O)NC(COP(=O)(O)OCC[N+](C)(C)C)C(O)CCCCCCCCCCCC. The van der Waals surface area contributed by atoms with E-state index in [1.54, 1.807) is 0 Å². The molecule has 0 aromatic rings. The maximum atomic E-state index is 12.9. The van der Waals surface area contributed by atoms with Gasteiger partial charge in [0.1, 0.15) is 13.2 Å². The highest BCUT2D eigenvalue weighted by Gasteiger charge is 2.28. The molecule has 0 saturated heterocycles. The standard InChI is InChI=1S/C56H103N2O6P/c1-6-8-10-12-14-16-18-19-20-21-22-23-24-25-26-27-28-29-30-31-32-33-34-35-36-37-38-39-40-42-44-46-48-50-56(60)57-54(53-64-65(61,62)63-52-51-58(3,4)5)55(59)49-47-45-43-41-17-15-13-11-9-7-2/h8,10,14,16,19-20,22-23,25-26,28-29,54-55,59H,6-7,9,11-13,15,17-18,21,24,27,30-53H2,1-5H3,(H-,57,60,61,62)/p+1/b10-8-,16-14-,20-19-,23-22-,26-25-,29-28-. The molecule has 0 aromatic carbocycles. The molecule has 3 unspecified atom stereocenters. The van der Waals surface area contributed by atoms with Crippen LogP contribution >= 0.6 is 7.82 Å². The van der Waals surface area contributed by atoms with Crippen LogP contribution in [0.2, 0.25) is 0 Å². The average molecular weight is 932 g/mol. The van der Waals surface area contributed by atoms with Crippen molar-refractivity contribution in [2.75, 3.05) is 40.9 Å². The molecule has 0 saturated carbocycles. The quantitative estimate of drug-likeness (QED) is 0.0243. The summed E-state index contributed by atoms with van der Waals surface area (Å²) >= 11 is 0. The van der Waals surface area contributed by atoms with Gasteiger partial charge in [-0.25, -0.2) is 4.57 Å². The number of likely N-dealkylation sites (N-methyl/N-ethyl adjacent to an activating group) is 1. The molecule has 0 aromatic heterocycles. The fourth-order valence-electron chi connectivity index (χ4n) is 7.52. The lowest BCUT2D eigenvalue weighted by Gasteiger charge is -2.26. The molecule has 0 aliphatic carbocycles. The first-order valence-corrected chi connectivity index (χ1v) is 28.3. The average Bonchev–Trinajstić information content (AvgIpc) is 3.26. The lowest BCUT2D eigenvalue weighted by atomic mass is 10.0. The number of quaternary nitrogens is 1. The lowest BCUT2D eigenvalue weighted by Crippen LogP contribution is -2.46. The smallest absolute Gasteiger partial charge is 0.391 e. The summed E-state index contributed by atoms with van der Waals surface area (Å²) in [6.45, 7) is 4.75. The molecule has 0 radical (unpaired) electrons. The molecule has 0 bridgehead atoms. The summed E-state index contributed by atoms with van der Waals surface area (Å²) in [6.07, 6.45) is 63.9. The normalized spacial score (nSPS) is 14.6. The van der Waals surface area contributed by atoms with Crippen LogP contribution in [-0.4, -0.2) is 73.4 Å². The Morgan fingerprint density at radius 2 is 0.923 bits per heavy atom. The van der Waals surface area contributed by atoms with Crippen molar-refractivity contribution < 1.29 is 32.9 Å². The van der Waals surface area contributed by atoms with Gasteiger partial charge in [-0.3, -0.25) is 13.8 Å². The molecule has 0 aliphatic rings. The van der Waals surface area contributed by atoms with E-state index in [9.17, 15) is 19.4 Å². The van der Waals surface area contributed by atoms with E-state index in [2.05, 4.69) is 92.1 Å². The van der Waals surface area contributed by atoms with Crippen molar-refractivity contribution in [1.82, 2.24) is 5.32 Å². The van der Waals surface area contributed by atoms with Crippen molar-refractivity contribution in [3.8, 4) is 0 Å². The number of phosphoric ester groups is 1. The van der Waals surface area contributed by atoms with E-state index in [0.717, 1.165) is 77.0 Å². The molecule has 9 heteroatoms. The Morgan fingerprint density at radius 3 is 1.35 bits per heavy atom. The molecule has 378 valence electrons. The number of aliphatic hydroxyl groups is 1. The molecule has 0 rings (SSSR count). The van der Waals surface area contributed by atoms with E-state index < -0.39 is 20.0 Å². The zero-order valence-corrected chi connectivity index (χ0v) is 43.9. The van der Waals surface area contributed by atoms with Gasteiger partial charge in [0.15, 0.2) is 0 Å². The largest absolute Gasteiger partial charge is 0.472 e. The van der Waals surface area contributed by atoms with E-state index in [0.29, 0.717) is 23.9 Å². The highest BCUT2D eigenvalue weighted by Crippen LogP contribution is 2.43. The minimum absolute atomic E-state index is 0.0726. The Kier molecular flexibility index (Phi) is 45.5. The van der Waals surface area contributed by atoms with Crippen LogP contribution in [0.3, 0.4) is 0 Å². The van der Waals surface area contributed by atoms with Crippen LogP contribution in [0.1, 0.15) is 226 Å². The van der Waals surface area contributed by atoms with Crippen molar-refractivity contribution in [3.05, 3.63) is 72.9 Å². The maximum absolute atomic E-state index is 12.9. The minimum atomic E-state index is -4.32. The summed E-state index contributed by atoms with van der Waals surface area (Å²) in [4.78, 5) is 23.2. The zero-order chi connectivity index (χ0) is 47.8. The van der Waals surface area contributed by atoms with Gasteiger partial charge in [0.2, 0.25) is 5.91 Å². The molecule has 0 aliphatic heterocycles. The summed E-state index contributed by atoms with van der Waals surface area (Å²) in [6, 6.07) is -0.762. The van der Waals surface area contributed by atoms with Crippen LogP contribution in [0, 0.1) is 0 Å². The second kappa shape index (κ2) is 47.0. The molecule has 0 fully saturated rings. The lowest BCUT2D eigenvalue weighted by molar-refractivity contribution is -0.870. The van der Waals surface area contributed by atoms with Gasteiger partial charge in [-0.1, -0.05) is 228 Å². The Bertz CT molecular complexity index is 1290. The van der Waals surface area contributed by atoms with Crippen LogP contribution < -0.4 is 5.32 Å². The topological polar surface area (TPSA) is 105 Å². The van der Waals surface area contributed by atoms with Gasteiger partial charge in [0.05, 0.1) is 39.9 Å². The summed E-state index contributed by atoms with van der Waals surface area (Å²) in [5.74, 6) is -0.149. The van der Waals surface area contributed by atoms with Crippen molar-refractivity contribution in [1.29, 1.82) is 0 Å². The van der Waals surface area contributed by atoms with Crippen molar-refractivity contribution in [2.24, 2.45) is 0 Å². The van der Waals surface area contributed by atoms with Gasteiger partial charge in [-0.15, -0.1) is 0 Å². The maximum Gasteiger partial charge on any atom is 0.472 e.